The number of hydrogen-bond acceptors (Lipinski definition) is 10. The average Bonchev–Trinajstić information content (AvgIpc) is 2.75. The summed E-state index contributed by atoms with van der Waals surface area (Å²) in [6.07, 6.45) is 0.509. The zero-order chi connectivity index (χ0) is 22.0. The van der Waals surface area contributed by atoms with Gasteiger partial charge in [-0.3, -0.25) is 4.79 Å². The van der Waals surface area contributed by atoms with Crippen LogP contribution in [0.15, 0.2) is 0 Å². The van der Waals surface area contributed by atoms with Gasteiger partial charge in [0.2, 0.25) is 5.91 Å². The minimum absolute atomic E-state index is 0.0915. The van der Waals surface area contributed by atoms with Crippen molar-refractivity contribution in [1.29, 1.82) is 0 Å². The van der Waals surface area contributed by atoms with Crippen LogP contribution in [0.4, 0.5) is 0 Å². The standard InChI is InChI=1S/C19H48N10O/c20-2-5-23-8-11-26-14-13-25-10-7-22-4-1-19(30)29-18-17-28-16-15-27-12-9-24-6-3-21/h22-28H,1-18,20-21H2,(H,29,30). The lowest BCUT2D eigenvalue weighted by Crippen LogP contribution is -2.38. The molecule has 0 saturated carbocycles. The smallest absolute Gasteiger partial charge is 0.221 e. The fourth-order valence-electron chi connectivity index (χ4n) is 2.54. The zero-order valence-corrected chi connectivity index (χ0v) is 18.8. The van der Waals surface area contributed by atoms with E-state index in [4.69, 9.17) is 11.5 Å². The third-order valence-corrected chi connectivity index (χ3v) is 4.19. The second kappa shape index (κ2) is 26.1. The van der Waals surface area contributed by atoms with Crippen molar-refractivity contribution in [2.75, 3.05) is 111 Å². The SMILES string of the molecule is NCCNCCNCCNCCNCCC(=O)NCCNCCNCCNCCN. The molecule has 0 aliphatic carbocycles. The van der Waals surface area contributed by atoms with E-state index in [1.807, 2.05) is 0 Å². The molecule has 30 heavy (non-hydrogen) atoms. The second-order valence-corrected chi connectivity index (χ2v) is 6.93. The van der Waals surface area contributed by atoms with Gasteiger partial charge in [-0.1, -0.05) is 0 Å². The van der Waals surface area contributed by atoms with E-state index >= 15 is 0 Å². The van der Waals surface area contributed by atoms with Crippen LogP contribution in [0, 0.1) is 0 Å². The lowest BCUT2D eigenvalue weighted by molar-refractivity contribution is -0.120. The van der Waals surface area contributed by atoms with E-state index in [0.29, 0.717) is 32.6 Å². The molecule has 0 radical (unpaired) electrons. The molecule has 1 amide bonds. The molecule has 11 nitrogen and oxygen atoms in total. The Hall–Kier alpha value is -0.890. The summed E-state index contributed by atoms with van der Waals surface area (Å²) < 4.78 is 0. The molecular formula is C19H48N10O. The number of carbonyl (C=O) groups excluding carboxylic acids is 1. The van der Waals surface area contributed by atoms with Crippen LogP contribution in [-0.4, -0.2) is 117 Å². The van der Waals surface area contributed by atoms with Crippen molar-refractivity contribution in [2.45, 2.75) is 6.42 Å². The first-order valence-corrected chi connectivity index (χ1v) is 11.4. The number of carbonyl (C=O) groups is 1. The molecule has 11 heteroatoms. The van der Waals surface area contributed by atoms with Gasteiger partial charge in [0.1, 0.15) is 0 Å². The average molecular weight is 433 g/mol. The van der Waals surface area contributed by atoms with E-state index in [0.717, 1.165) is 85.1 Å². The van der Waals surface area contributed by atoms with Crippen LogP contribution >= 0.6 is 0 Å². The van der Waals surface area contributed by atoms with Gasteiger partial charge in [0, 0.05) is 118 Å². The van der Waals surface area contributed by atoms with Crippen molar-refractivity contribution in [2.24, 2.45) is 11.5 Å². The van der Waals surface area contributed by atoms with Crippen LogP contribution in [0.5, 0.6) is 0 Å². The minimum Gasteiger partial charge on any atom is -0.355 e. The van der Waals surface area contributed by atoms with Crippen molar-refractivity contribution < 1.29 is 4.79 Å². The van der Waals surface area contributed by atoms with Crippen molar-refractivity contribution in [3.05, 3.63) is 0 Å². The number of rotatable bonds is 25. The van der Waals surface area contributed by atoms with E-state index in [-0.39, 0.29) is 5.91 Å². The number of nitrogens with one attached hydrogen (secondary N) is 8. The van der Waals surface area contributed by atoms with Crippen molar-refractivity contribution in [3.63, 3.8) is 0 Å². The first kappa shape index (κ1) is 29.1. The van der Waals surface area contributed by atoms with Gasteiger partial charge in [0.25, 0.3) is 0 Å². The third-order valence-electron chi connectivity index (χ3n) is 4.19. The van der Waals surface area contributed by atoms with Crippen LogP contribution in [0.3, 0.4) is 0 Å². The molecule has 12 N–H and O–H groups in total. The summed E-state index contributed by atoms with van der Waals surface area (Å²) in [4.78, 5) is 11.8. The normalized spacial score (nSPS) is 11.1. The fraction of sp³-hybridized carbons (Fsp3) is 0.947. The molecule has 0 fully saturated rings. The molecule has 0 spiro atoms. The van der Waals surface area contributed by atoms with E-state index in [9.17, 15) is 4.79 Å². The first-order valence-electron chi connectivity index (χ1n) is 11.4. The predicted octanol–water partition coefficient (Wildman–Crippen LogP) is -4.46. The molecule has 180 valence electrons. The highest BCUT2D eigenvalue weighted by molar-refractivity contribution is 5.76. The van der Waals surface area contributed by atoms with E-state index in [2.05, 4.69) is 42.5 Å². The molecule has 0 aromatic heterocycles. The van der Waals surface area contributed by atoms with Gasteiger partial charge in [-0.15, -0.1) is 0 Å². The Bertz CT molecular complexity index is 349. The van der Waals surface area contributed by atoms with Crippen LogP contribution in [0.1, 0.15) is 6.42 Å². The highest BCUT2D eigenvalue weighted by Gasteiger charge is 1.99. The Balaban J connectivity index is 3.13. The molecule has 0 aliphatic rings. The lowest BCUT2D eigenvalue weighted by atomic mass is 10.4. The minimum atomic E-state index is 0.0915. The molecule has 0 unspecified atom stereocenters. The Kier molecular flexibility index (Phi) is 25.4. The topological polar surface area (TPSA) is 165 Å². The Labute approximate surface area is 183 Å². The maximum absolute atomic E-state index is 11.8. The summed E-state index contributed by atoms with van der Waals surface area (Å²) in [6, 6.07) is 0. The van der Waals surface area contributed by atoms with Gasteiger partial charge in [-0.25, -0.2) is 0 Å². The highest BCUT2D eigenvalue weighted by Crippen LogP contribution is 1.76. The Morgan fingerprint density at radius 2 is 0.733 bits per heavy atom. The molecule has 0 rings (SSSR count). The van der Waals surface area contributed by atoms with Gasteiger partial charge in [-0.2, -0.15) is 0 Å². The summed E-state index contributed by atoms with van der Waals surface area (Å²) >= 11 is 0. The van der Waals surface area contributed by atoms with E-state index in [1.54, 1.807) is 0 Å². The van der Waals surface area contributed by atoms with Crippen molar-refractivity contribution in [1.82, 2.24) is 42.5 Å². The van der Waals surface area contributed by atoms with Crippen molar-refractivity contribution in [3.8, 4) is 0 Å². The molecule has 0 saturated heterocycles. The van der Waals surface area contributed by atoms with Crippen LogP contribution in [0.25, 0.3) is 0 Å². The van der Waals surface area contributed by atoms with E-state index < -0.39 is 0 Å². The summed E-state index contributed by atoms with van der Waals surface area (Å²) in [5, 5.41) is 26.0. The largest absolute Gasteiger partial charge is 0.355 e. The summed E-state index contributed by atoms with van der Waals surface area (Å²) in [5.41, 5.74) is 10.8. The summed E-state index contributed by atoms with van der Waals surface area (Å²) in [7, 11) is 0. The first-order chi connectivity index (χ1) is 14.8. The number of hydrogen-bond donors (Lipinski definition) is 10. The van der Waals surface area contributed by atoms with Gasteiger partial charge in [0.15, 0.2) is 0 Å². The fourth-order valence-corrected chi connectivity index (χ4v) is 2.54. The summed E-state index contributed by atoms with van der Waals surface area (Å²) in [6.45, 7) is 14.5. The molecule has 0 aromatic rings. The maximum Gasteiger partial charge on any atom is 0.221 e. The second-order valence-electron chi connectivity index (χ2n) is 6.93. The Morgan fingerprint density at radius 1 is 0.433 bits per heavy atom. The number of nitrogens with two attached hydrogens (primary N) is 2. The van der Waals surface area contributed by atoms with Crippen molar-refractivity contribution >= 4 is 5.91 Å². The molecule has 0 atom stereocenters. The maximum atomic E-state index is 11.8. The Morgan fingerprint density at radius 3 is 1.10 bits per heavy atom. The summed E-state index contributed by atoms with van der Waals surface area (Å²) in [5.74, 6) is 0.0915. The van der Waals surface area contributed by atoms with Gasteiger partial charge in [-0.05, 0) is 0 Å². The predicted molar refractivity (Wildman–Crippen MR) is 126 cm³/mol. The van der Waals surface area contributed by atoms with Gasteiger partial charge >= 0.3 is 0 Å². The van der Waals surface area contributed by atoms with Crippen LogP contribution in [0.2, 0.25) is 0 Å². The highest BCUT2D eigenvalue weighted by atomic mass is 16.1. The van der Waals surface area contributed by atoms with Crippen LogP contribution in [-0.2, 0) is 4.79 Å². The molecule has 0 aromatic carbocycles. The monoisotopic (exact) mass is 432 g/mol. The molecule has 0 bridgehead atoms. The van der Waals surface area contributed by atoms with E-state index in [1.165, 1.54) is 0 Å². The lowest BCUT2D eigenvalue weighted by Gasteiger charge is -2.09. The quantitative estimate of drug-likeness (QED) is 0.0636. The molecular weight excluding hydrogens is 384 g/mol. The van der Waals surface area contributed by atoms with Gasteiger partial charge < -0.3 is 54.0 Å². The van der Waals surface area contributed by atoms with Crippen LogP contribution < -0.4 is 54.0 Å². The molecule has 0 heterocycles. The zero-order valence-electron chi connectivity index (χ0n) is 18.8. The number of amides is 1. The molecule has 0 aliphatic heterocycles. The van der Waals surface area contributed by atoms with Gasteiger partial charge in [0.05, 0.1) is 0 Å². The third kappa shape index (κ3) is 25.1.